The van der Waals surface area contributed by atoms with E-state index in [9.17, 15) is 15.0 Å². The molecule has 0 fully saturated rings. The quantitative estimate of drug-likeness (QED) is 0.750. The van der Waals surface area contributed by atoms with E-state index in [1.54, 1.807) is 25.1 Å². The van der Waals surface area contributed by atoms with Gasteiger partial charge < -0.3 is 10.2 Å². The van der Waals surface area contributed by atoms with Crippen LogP contribution in [-0.2, 0) is 22.2 Å². The summed E-state index contributed by atoms with van der Waals surface area (Å²) >= 11 is 0. The summed E-state index contributed by atoms with van der Waals surface area (Å²) in [5.74, 6) is -0.804. The number of phenolic OH excluding ortho intramolecular Hbond substituents is 1. The van der Waals surface area contributed by atoms with Crippen molar-refractivity contribution in [3.8, 4) is 5.75 Å². The number of nitrogens with zero attached hydrogens (tertiary/aromatic N) is 3. The maximum absolute atomic E-state index is 12.2. The molecule has 3 rings (SSSR count). The summed E-state index contributed by atoms with van der Waals surface area (Å²) in [5, 5.41) is 28.9. The Hall–Kier alpha value is -2.89. The predicted octanol–water partition coefficient (Wildman–Crippen LogP) is 3.48. The van der Waals surface area contributed by atoms with Crippen LogP contribution in [0.2, 0.25) is 0 Å². The van der Waals surface area contributed by atoms with Crippen LogP contribution < -0.4 is 0 Å². The minimum absolute atomic E-state index is 0.0887. The average molecular weight is 353 g/mol. The zero-order chi connectivity index (χ0) is 19.1. The third-order valence-electron chi connectivity index (χ3n) is 4.70. The van der Waals surface area contributed by atoms with Crippen LogP contribution in [-0.4, -0.2) is 31.2 Å². The van der Waals surface area contributed by atoms with Gasteiger partial charge in [0.2, 0.25) is 0 Å². The molecular weight excluding hydrogens is 330 g/mol. The standard InChI is InChI=1S/C20H23N3O3/c1-19(2,3)14-11-13(9-10-17(14)24)20(4,18(25)26)12-23-21-15-7-5-6-8-16(15)22-23/h5-11,24H,12H2,1-4H3,(H,25,26). The summed E-state index contributed by atoms with van der Waals surface area (Å²) in [5.41, 5.74) is 1.22. The first-order chi connectivity index (χ1) is 12.1. The highest BCUT2D eigenvalue weighted by Gasteiger charge is 2.38. The van der Waals surface area contributed by atoms with Gasteiger partial charge in [-0.25, -0.2) is 0 Å². The number of aliphatic carboxylic acids is 1. The summed E-state index contributed by atoms with van der Waals surface area (Å²) in [4.78, 5) is 13.6. The summed E-state index contributed by atoms with van der Waals surface area (Å²) in [7, 11) is 0. The van der Waals surface area contributed by atoms with Crippen molar-refractivity contribution < 1.29 is 15.0 Å². The van der Waals surface area contributed by atoms with Crippen LogP contribution in [0.25, 0.3) is 11.0 Å². The maximum Gasteiger partial charge on any atom is 0.315 e. The zero-order valence-corrected chi connectivity index (χ0v) is 15.4. The SMILES string of the molecule is CC(C)(C)c1cc(C(C)(Cn2nc3ccccc3n2)C(=O)O)ccc1O. The second-order valence-electron chi connectivity index (χ2n) is 7.84. The highest BCUT2D eigenvalue weighted by molar-refractivity contribution is 5.81. The number of benzene rings is 2. The number of carbonyl (C=O) groups is 1. The molecule has 6 heteroatoms. The molecule has 0 saturated carbocycles. The third-order valence-corrected chi connectivity index (χ3v) is 4.70. The van der Waals surface area contributed by atoms with E-state index in [4.69, 9.17) is 0 Å². The Morgan fingerprint density at radius 1 is 1.04 bits per heavy atom. The van der Waals surface area contributed by atoms with Gasteiger partial charge in [-0.05, 0) is 41.7 Å². The number of aromatic nitrogens is 3. The number of phenols is 1. The molecule has 2 aromatic carbocycles. The molecule has 0 aliphatic heterocycles. The minimum Gasteiger partial charge on any atom is -0.508 e. The first-order valence-electron chi connectivity index (χ1n) is 8.48. The van der Waals surface area contributed by atoms with Crippen molar-refractivity contribution in [1.29, 1.82) is 0 Å². The lowest BCUT2D eigenvalue weighted by atomic mass is 9.78. The van der Waals surface area contributed by atoms with Crippen LogP contribution in [0.15, 0.2) is 42.5 Å². The van der Waals surface area contributed by atoms with E-state index in [0.29, 0.717) is 11.1 Å². The van der Waals surface area contributed by atoms with Gasteiger partial charge >= 0.3 is 5.97 Å². The lowest BCUT2D eigenvalue weighted by molar-refractivity contribution is -0.144. The topological polar surface area (TPSA) is 88.2 Å². The lowest BCUT2D eigenvalue weighted by Gasteiger charge is -2.28. The minimum atomic E-state index is -1.23. The van der Waals surface area contributed by atoms with Gasteiger partial charge in [0.25, 0.3) is 0 Å². The summed E-state index contributed by atoms with van der Waals surface area (Å²) in [6, 6.07) is 12.4. The van der Waals surface area contributed by atoms with Crippen molar-refractivity contribution in [3.63, 3.8) is 0 Å². The maximum atomic E-state index is 12.2. The van der Waals surface area contributed by atoms with E-state index in [0.717, 1.165) is 11.0 Å². The molecule has 0 aliphatic carbocycles. The van der Waals surface area contributed by atoms with Crippen molar-refractivity contribution in [2.45, 2.75) is 45.1 Å². The van der Waals surface area contributed by atoms with Gasteiger partial charge in [-0.1, -0.05) is 45.0 Å². The van der Waals surface area contributed by atoms with Crippen molar-refractivity contribution in [2.24, 2.45) is 0 Å². The van der Waals surface area contributed by atoms with Gasteiger partial charge in [-0.15, -0.1) is 0 Å². The van der Waals surface area contributed by atoms with Crippen LogP contribution in [0.4, 0.5) is 0 Å². The molecule has 0 bridgehead atoms. The van der Waals surface area contributed by atoms with E-state index in [2.05, 4.69) is 10.2 Å². The van der Waals surface area contributed by atoms with Gasteiger partial charge in [0.1, 0.15) is 22.2 Å². The predicted molar refractivity (Wildman–Crippen MR) is 99.3 cm³/mol. The summed E-state index contributed by atoms with van der Waals surface area (Å²) in [6.07, 6.45) is 0. The van der Waals surface area contributed by atoms with Gasteiger partial charge in [0.05, 0.1) is 6.54 Å². The van der Waals surface area contributed by atoms with Gasteiger partial charge in [0.15, 0.2) is 0 Å². The van der Waals surface area contributed by atoms with Crippen molar-refractivity contribution in [1.82, 2.24) is 15.0 Å². The van der Waals surface area contributed by atoms with Gasteiger partial charge in [-0.3, -0.25) is 4.79 Å². The molecule has 1 aromatic heterocycles. The smallest absolute Gasteiger partial charge is 0.315 e. The fourth-order valence-corrected chi connectivity index (χ4v) is 3.02. The molecule has 26 heavy (non-hydrogen) atoms. The van der Waals surface area contributed by atoms with Crippen LogP contribution >= 0.6 is 0 Å². The van der Waals surface area contributed by atoms with Crippen LogP contribution in [0.5, 0.6) is 5.75 Å². The fraction of sp³-hybridized carbons (Fsp3) is 0.350. The average Bonchev–Trinajstić information content (AvgIpc) is 2.95. The Bertz CT molecular complexity index is 939. The van der Waals surface area contributed by atoms with Crippen LogP contribution in [0.1, 0.15) is 38.8 Å². The number of aromatic hydroxyl groups is 1. The molecule has 0 aliphatic rings. The Kier molecular flexibility index (Phi) is 4.22. The van der Waals surface area contributed by atoms with Crippen molar-refractivity contribution in [2.75, 3.05) is 0 Å². The van der Waals surface area contributed by atoms with E-state index < -0.39 is 11.4 Å². The summed E-state index contributed by atoms with van der Waals surface area (Å²) in [6.45, 7) is 7.68. The van der Waals surface area contributed by atoms with Crippen LogP contribution in [0, 0.1) is 0 Å². The molecule has 0 amide bonds. The Labute approximate surface area is 152 Å². The van der Waals surface area contributed by atoms with E-state index >= 15 is 0 Å². The van der Waals surface area contributed by atoms with E-state index in [-0.39, 0.29) is 17.7 Å². The third kappa shape index (κ3) is 3.14. The largest absolute Gasteiger partial charge is 0.508 e. The number of rotatable bonds is 4. The van der Waals surface area contributed by atoms with Gasteiger partial charge in [0, 0.05) is 0 Å². The molecule has 3 aromatic rings. The Morgan fingerprint density at radius 2 is 1.62 bits per heavy atom. The number of hydrogen-bond donors (Lipinski definition) is 2. The van der Waals surface area contributed by atoms with Crippen molar-refractivity contribution in [3.05, 3.63) is 53.6 Å². The molecular formula is C20H23N3O3. The Balaban J connectivity index is 2.06. The first kappa shape index (κ1) is 17.9. The molecule has 1 unspecified atom stereocenters. The zero-order valence-electron chi connectivity index (χ0n) is 15.4. The number of hydrogen-bond acceptors (Lipinski definition) is 4. The molecule has 0 radical (unpaired) electrons. The van der Waals surface area contributed by atoms with Gasteiger partial charge in [-0.2, -0.15) is 15.0 Å². The lowest BCUT2D eigenvalue weighted by Crippen LogP contribution is -2.38. The first-order valence-corrected chi connectivity index (χ1v) is 8.48. The number of carboxylic acid groups (broad SMARTS) is 1. The molecule has 0 saturated heterocycles. The Morgan fingerprint density at radius 3 is 2.12 bits per heavy atom. The monoisotopic (exact) mass is 353 g/mol. The number of fused-ring (bicyclic) bond motifs is 1. The highest BCUT2D eigenvalue weighted by Crippen LogP contribution is 2.35. The highest BCUT2D eigenvalue weighted by atomic mass is 16.4. The molecule has 1 atom stereocenters. The molecule has 0 spiro atoms. The fourth-order valence-electron chi connectivity index (χ4n) is 3.02. The molecule has 6 nitrogen and oxygen atoms in total. The number of carboxylic acids is 1. The molecule has 2 N–H and O–H groups in total. The van der Waals surface area contributed by atoms with E-state index in [1.165, 1.54) is 4.80 Å². The second kappa shape index (κ2) is 6.12. The normalized spacial score (nSPS) is 14.3. The molecule has 1 heterocycles. The molecule has 136 valence electrons. The van der Waals surface area contributed by atoms with Crippen LogP contribution in [0.3, 0.4) is 0 Å². The summed E-state index contributed by atoms with van der Waals surface area (Å²) < 4.78 is 0. The van der Waals surface area contributed by atoms with Crippen molar-refractivity contribution >= 4 is 17.0 Å². The second-order valence-corrected chi connectivity index (χ2v) is 7.84. The van der Waals surface area contributed by atoms with E-state index in [1.807, 2.05) is 45.0 Å².